The SMILES string of the molecule is NC1C[N-]C(=O)N(OP)C1=O.[Rb+]. The van der Waals surface area contributed by atoms with Gasteiger partial charge in [0.2, 0.25) is 0 Å². The molecule has 0 saturated carbocycles. The zero-order chi connectivity index (χ0) is 8.43. The van der Waals surface area contributed by atoms with Gasteiger partial charge < -0.3 is 15.7 Å². The number of hydrogen-bond donors (Lipinski definition) is 1. The molecule has 6 nitrogen and oxygen atoms in total. The summed E-state index contributed by atoms with van der Waals surface area (Å²) < 4.78 is 4.36. The van der Waals surface area contributed by atoms with Crippen molar-refractivity contribution in [3.63, 3.8) is 0 Å². The molecule has 62 valence electrons. The summed E-state index contributed by atoms with van der Waals surface area (Å²) in [5.41, 5.74) is 5.28. The number of rotatable bonds is 1. The Balaban J connectivity index is 0.00000121. The van der Waals surface area contributed by atoms with E-state index >= 15 is 0 Å². The van der Waals surface area contributed by atoms with E-state index in [1.165, 1.54) is 0 Å². The Labute approximate surface area is 121 Å². The predicted molar refractivity (Wildman–Crippen MR) is 39.2 cm³/mol. The van der Waals surface area contributed by atoms with Crippen LogP contribution in [0, 0.1) is 0 Å². The fourth-order valence-electron chi connectivity index (χ4n) is 0.661. The van der Waals surface area contributed by atoms with Crippen molar-refractivity contribution in [2.75, 3.05) is 6.54 Å². The number of nitrogens with zero attached hydrogens (tertiary/aromatic N) is 2. The van der Waals surface area contributed by atoms with E-state index in [-0.39, 0.29) is 64.7 Å². The maximum Gasteiger partial charge on any atom is 1.00 e. The molecule has 0 aromatic heterocycles. The topological polar surface area (TPSA) is 86.7 Å². The van der Waals surface area contributed by atoms with Gasteiger partial charge in [0.25, 0.3) is 0 Å². The first-order valence-electron chi connectivity index (χ1n) is 2.84. The number of nitrogens with two attached hydrogens (primary N) is 1. The van der Waals surface area contributed by atoms with Crippen molar-refractivity contribution in [1.82, 2.24) is 5.06 Å². The van der Waals surface area contributed by atoms with Crippen LogP contribution in [0.2, 0.25) is 0 Å². The van der Waals surface area contributed by atoms with Crippen LogP contribution in [0.5, 0.6) is 0 Å². The fraction of sp³-hybridized carbons (Fsp3) is 0.500. The number of hydrogen-bond acceptors (Lipinski definition) is 4. The largest absolute Gasteiger partial charge is 1.00 e. The minimum absolute atomic E-state index is 0. The standard InChI is InChI=1S/C4H8N3O3P.Rb/c5-2-1-6-4(9)7(10-11)3(2)8;/h2H,1,5,11H2,(H,6,9);/q;+1/p-1. The summed E-state index contributed by atoms with van der Waals surface area (Å²) in [5.74, 6) is -0.569. The first-order valence-corrected chi connectivity index (χ1v) is 3.32. The van der Waals surface area contributed by atoms with Gasteiger partial charge in [-0.3, -0.25) is 14.7 Å². The summed E-state index contributed by atoms with van der Waals surface area (Å²) in [6.45, 7) is 0.0300. The van der Waals surface area contributed by atoms with Crippen LogP contribution in [-0.4, -0.2) is 29.6 Å². The number of carbonyl (C=O) groups excluding carboxylic acids is 2. The first kappa shape index (κ1) is 13.1. The second-order valence-corrected chi connectivity index (χ2v) is 2.18. The molecule has 0 aliphatic carbocycles. The quantitative estimate of drug-likeness (QED) is 0.494. The Bertz CT molecular complexity index is 202. The molecule has 2 N–H and O–H groups in total. The Kier molecular flexibility index (Phi) is 6.27. The van der Waals surface area contributed by atoms with Crippen LogP contribution in [0.3, 0.4) is 0 Å². The molecule has 0 aromatic carbocycles. The van der Waals surface area contributed by atoms with E-state index in [1.54, 1.807) is 9.47 Å². The van der Waals surface area contributed by atoms with E-state index in [2.05, 4.69) is 9.94 Å². The Morgan fingerprint density at radius 3 is 2.67 bits per heavy atom. The molecule has 0 bridgehead atoms. The summed E-state index contributed by atoms with van der Waals surface area (Å²) >= 11 is 0. The molecule has 2 atom stereocenters. The number of hydroxylamine groups is 2. The maximum atomic E-state index is 10.9. The molecule has 1 heterocycles. The van der Waals surface area contributed by atoms with Gasteiger partial charge in [-0.2, -0.15) is 0 Å². The maximum absolute atomic E-state index is 10.9. The molecular formula is C4H7N3O3PRb. The van der Waals surface area contributed by atoms with Gasteiger partial charge in [-0.1, -0.05) is 0 Å². The first-order chi connectivity index (χ1) is 5.16. The molecule has 8 heteroatoms. The number of imide groups is 1. The molecule has 1 aliphatic heterocycles. The minimum Gasteiger partial charge on any atom is -0.427 e. The third-order valence-corrected chi connectivity index (χ3v) is 1.43. The van der Waals surface area contributed by atoms with Crippen LogP contribution < -0.4 is 63.9 Å². The number of carbonyl (C=O) groups is 2. The van der Waals surface area contributed by atoms with Gasteiger partial charge in [0.1, 0.15) is 0 Å². The molecule has 1 saturated heterocycles. The smallest absolute Gasteiger partial charge is 0.427 e. The van der Waals surface area contributed by atoms with Crippen molar-refractivity contribution < 1.29 is 72.4 Å². The van der Waals surface area contributed by atoms with Crippen molar-refractivity contribution >= 4 is 21.4 Å². The Morgan fingerprint density at radius 1 is 1.67 bits per heavy atom. The number of urea groups is 1. The summed E-state index contributed by atoms with van der Waals surface area (Å²) in [6.07, 6.45) is 0. The van der Waals surface area contributed by atoms with Gasteiger partial charge in [-0.05, 0) is 6.54 Å². The molecule has 0 aromatic rings. The van der Waals surface area contributed by atoms with Gasteiger partial charge in [-0.25, -0.2) is 0 Å². The molecule has 2 unspecified atom stereocenters. The van der Waals surface area contributed by atoms with E-state index in [4.69, 9.17) is 5.73 Å². The van der Waals surface area contributed by atoms with Gasteiger partial charge in [0.15, 0.2) is 11.9 Å². The zero-order valence-electron chi connectivity index (χ0n) is 6.56. The predicted octanol–water partition coefficient (Wildman–Crippen LogP) is -3.62. The van der Waals surface area contributed by atoms with Crippen molar-refractivity contribution in [3.8, 4) is 0 Å². The molecule has 12 heavy (non-hydrogen) atoms. The van der Waals surface area contributed by atoms with E-state index in [1.807, 2.05) is 0 Å². The normalized spacial score (nSPS) is 23.2. The van der Waals surface area contributed by atoms with E-state index in [0.717, 1.165) is 0 Å². The number of amides is 3. The van der Waals surface area contributed by atoms with Crippen LogP contribution in [0.1, 0.15) is 0 Å². The van der Waals surface area contributed by atoms with E-state index in [9.17, 15) is 9.59 Å². The van der Waals surface area contributed by atoms with Crippen LogP contribution in [0.4, 0.5) is 4.79 Å². The minimum atomic E-state index is -0.770. The Hall–Kier alpha value is 1.10. The second-order valence-electron chi connectivity index (χ2n) is 1.97. The van der Waals surface area contributed by atoms with Crippen molar-refractivity contribution in [2.45, 2.75) is 6.04 Å². The Morgan fingerprint density at radius 2 is 2.25 bits per heavy atom. The third-order valence-electron chi connectivity index (χ3n) is 1.22. The molecule has 1 rings (SSSR count). The van der Waals surface area contributed by atoms with Gasteiger partial charge in [0, 0.05) is 9.47 Å². The van der Waals surface area contributed by atoms with Crippen molar-refractivity contribution in [3.05, 3.63) is 5.32 Å². The average molecular weight is 262 g/mol. The van der Waals surface area contributed by atoms with Crippen LogP contribution >= 0.6 is 9.47 Å². The summed E-state index contributed by atoms with van der Waals surface area (Å²) in [4.78, 5) is 21.7. The zero-order valence-corrected chi connectivity index (χ0v) is 12.6. The van der Waals surface area contributed by atoms with Crippen LogP contribution in [0.25, 0.3) is 5.32 Å². The van der Waals surface area contributed by atoms with Crippen molar-refractivity contribution in [1.29, 1.82) is 0 Å². The average Bonchev–Trinajstić information content (AvgIpc) is 1.99. The van der Waals surface area contributed by atoms with Crippen molar-refractivity contribution in [2.24, 2.45) is 5.73 Å². The van der Waals surface area contributed by atoms with E-state index < -0.39 is 18.0 Å². The molecular weight excluding hydrogens is 255 g/mol. The fourth-order valence-corrected chi connectivity index (χ4v) is 0.855. The summed E-state index contributed by atoms with van der Waals surface area (Å²) in [5, 5.41) is 3.93. The monoisotopic (exact) mass is 261 g/mol. The molecule has 3 amide bonds. The molecule has 1 aliphatic rings. The molecule has 1 fully saturated rings. The third kappa shape index (κ3) is 2.80. The van der Waals surface area contributed by atoms with Crippen LogP contribution in [-0.2, 0) is 9.42 Å². The van der Waals surface area contributed by atoms with Crippen LogP contribution in [0.15, 0.2) is 0 Å². The summed E-state index contributed by atoms with van der Waals surface area (Å²) in [7, 11) is 1.78. The molecule has 0 radical (unpaired) electrons. The van der Waals surface area contributed by atoms with E-state index in [0.29, 0.717) is 5.06 Å². The van der Waals surface area contributed by atoms with Gasteiger partial charge >= 0.3 is 58.2 Å². The van der Waals surface area contributed by atoms with Gasteiger partial charge in [-0.15, -0.1) is 0 Å². The summed E-state index contributed by atoms with van der Waals surface area (Å²) in [6, 6.07) is -1.49. The van der Waals surface area contributed by atoms with Gasteiger partial charge in [0.05, 0.1) is 6.04 Å². The molecule has 0 spiro atoms. The second kappa shape index (κ2) is 5.75.